The van der Waals surface area contributed by atoms with E-state index in [-0.39, 0.29) is 10.6 Å². The summed E-state index contributed by atoms with van der Waals surface area (Å²) in [6.45, 7) is -1.59. The quantitative estimate of drug-likeness (QED) is 0.732. The zero-order valence-corrected chi connectivity index (χ0v) is 10.3. The zero-order chi connectivity index (χ0) is 14.6. The Morgan fingerprint density at radius 2 is 1.63 bits per heavy atom. The van der Waals surface area contributed by atoms with Crippen molar-refractivity contribution in [3.05, 3.63) is 28.8 Å². The van der Waals surface area contributed by atoms with Gasteiger partial charge in [-0.15, -0.1) is 0 Å². The van der Waals surface area contributed by atoms with Crippen molar-refractivity contribution in [1.29, 1.82) is 0 Å². The van der Waals surface area contributed by atoms with Gasteiger partial charge in [-0.2, -0.15) is 0 Å². The van der Waals surface area contributed by atoms with Gasteiger partial charge in [0.1, 0.15) is 18.8 Å². The van der Waals surface area contributed by atoms with Crippen LogP contribution in [-0.2, 0) is 9.59 Å². The number of aliphatic carboxylic acids is 2. The first-order valence-electron chi connectivity index (χ1n) is 5.02. The van der Waals surface area contributed by atoms with Crippen molar-refractivity contribution in [2.24, 2.45) is 0 Å². The lowest BCUT2D eigenvalue weighted by atomic mass is 10.1. The molecule has 0 spiro atoms. The number of carboxylic acids is 2. The Labute approximate surface area is 112 Å². The van der Waals surface area contributed by atoms with Crippen LogP contribution in [0.4, 0.5) is 0 Å². The van der Waals surface area contributed by atoms with Crippen LogP contribution in [0.2, 0.25) is 5.02 Å². The number of aromatic hydroxyl groups is 1. The molecular formula is C11H10ClNO6. The van der Waals surface area contributed by atoms with Gasteiger partial charge in [-0.05, 0) is 18.2 Å². The van der Waals surface area contributed by atoms with E-state index >= 15 is 0 Å². The molecule has 0 aliphatic heterocycles. The molecule has 1 amide bonds. The third-order valence-electron chi connectivity index (χ3n) is 2.13. The maximum absolute atomic E-state index is 12.0. The Kier molecular flexibility index (Phi) is 4.71. The van der Waals surface area contributed by atoms with Crippen molar-refractivity contribution in [2.75, 3.05) is 13.1 Å². The van der Waals surface area contributed by atoms with Gasteiger partial charge >= 0.3 is 11.9 Å². The first-order valence-corrected chi connectivity index (χ1v) is 5.40. The average molecular weight is 288 g/mol. The molecule has 1 aromatic rings. The normalized spacial score (nSPS) is 9.95. The second-order valence-corrected chi connectivity index (χ2v) is 4.05. The smallest absolute Gasteiger partial charge is 0.323 e. The minimum Gasteiger partial charge on any atom is -0.507 e. The van der Waals surface area contributed by atoms with Crippen LogP contribution in [0.25, 0.3) is 0 Å². The van der Waals surface area contributed by atoms with Crippen LogP contribution in [0.5, 0.6) is 5.75 Å². The van der Waals surface area contributed by atoms with Gasteiger partial charge in [0.25, 0.3) is 5.91 Å². The number of halogens is 1. The van der Waals surface area contributed by atoms with Gasteiger partial charge in [0, 0.05) is 5.02 Å². The second-order valence-electron chi connectivity index (χ2n) is 3.61. The molecule has 19 heavy (non-hydrogen) atoms. The number of rotatable bonds is 5. The van der Waals surface area contributed by atoms with Crippen LogP contribution < -0.4 is 0 Å². The van der Waals surface area contributed by atoms with E-state index in [1.165, 1.54) is 6.07 Å². The molecule has 3 N–H and O–H groups in total. The van der Waals surface area contributed by atoms with E-state index in [2.05, 4.69) is 0 Å². The lowest BCUT2D eigenvalue weighted by molar-refractivity contribution is -0.140. The topological polar surface area (TPSA) is 115 Å². The Morgan fingerprint density at radius 1 is 1.11 bits per heavy atom. The van der Waals surface area contributed by atoms with E-state index in [9.17, 15) is 19.5 Å². The van der Waals surface area contributed by atoms with Crippen molar-refractivity contribution < 1.29 is 29.7 Å². The van der Waals surface area contributed by atoms with Crippen molar-refractivity contribution in [2.45, 2.75) is 0 Å². The summed E-state index contributed by atoms with van der Waals surface area (Å²) in [6.07, 6.45) is 0. The first kappa shape index (κ1) is 14.8. The SMILES string of the molecule is O=C(O)CN(CC(=O)O)C(=O)c1cc(Cl)ccc1O. The predicted octanol–water partition coefficient (Wildman–Crippen LogP) is 0.657. The first-order chi connectivity index (χ1) is 8.81. The fraction of sp³-hybridized carbons (Fsp3) is 0.182. The summed E-state index contributed by atoms with van der Waals surface area (Å²) in [5, 5.41) is 27.0. The largest absolute Gasteiger partial charge is 0.507 e. The second kappa shape index (κ2) is 6.05. The van der Waals surface area contributed by atoms with E-state index in [4.69, 9.17) is 21.8 Å². The van der Waals surface area contributed by atoms with E-state index in [0.717, 1.165) is 12.1 Å². The van der Waals surface area contributed by atoms with E-state index in [0.29, 0.717) is 4.90 Å². The zero-order valence-electron chi connectivity index (χ0n) is 9.54. The van der Waals surface area contributed by atoms with Gasteiger partial charge < -0.3 is 20.2 Å². The minimum atomic E-state index is -1.36. The third-order valence-corrected chi connectivity index (χ3v) is 2.36. The summed E-state index contributed by atoms with van der Waals surface area (Å²) >= 11 is 5.66. The Bertz CT molecular complexity index is 514. The maximum atomic E-state index is 12.0. The minimum absolute atomic E-state index is 0.159. The molecule has 0 saturated carbocycles. The molecule has 0 bridgehead atoms. The van der Waals surface area contributed by atoms with Crippen LogP contribution in [0.15, 0.2) is 18.2 Å². The number of nitrogens with zero attached hydrogens (tertiary/aromatic N) is 1. The highest BCUT2D eigenvalue weighted by Crippen LogP contribution is 2.22. The number of hydrogen-bond acceptors (Lipinski definition) is 4. The van der Waals surface area contributed by atoms with Crippen LogP contribution in [0.3, 0.4) is 0 Å². The van der Waals surface area contributed by atoms with Gasteiger partial charge in [-0.3, -0.25) is 14.4 Å². The van der Waals surface area contributed by atoms with Crippen LogP contribution in [0.1, 0.15) is 10.4 Å². The number of benzene rings is 1. The summed E-state index contributed by atoms with van der Waals surface area (Å²) in [6, 6.07) is 3.64. The van der Waals surface area contributed by atoms with Crippen molar-refractivity contribution in [3.63, 3.8) is 0 Å². The molecule has 0 radical (unpaired) electrons. The monoisotopic (exact) mass is 287 g/mol. The van der Waals surface area contributed by atoms with Gasteiger partial charge in [0.15, 0.2) is 0 Å². The van der Waals surface area contributed by atoms with E-state index in [1.807, 2.05) is 0 Å². The standard InChI is InChI=1S/C11H10ClNO6/c12-6-1-2-8(14)7(3-6)11(19)13(4-9(15)16)5-10(17)18/h1-3,14H,4-5H2,(H,15,16)(H,17,18). The number of phenols is 1. The molecule has 1 rings (SSSR count). The van der Waals surface area contributed by atoms with Gasteiger partial charge in [0.2, 0.25) is 0 Å². The molecule has 0 aliphatic carbocycles. The summed E-state index contributed by atoms with van der Waals surface area (Å²) in [5.41, 5.74) is -0.255. The maximum Gasteiger partial charge on any atom is 0.323 e. The van der Waals surface area contributed by atoms with E-state index < -0.39 is 36.7 Å². The van der Waals surface area contributed by atoms with Crippen molar-refractivity contribution in [1.82, 2.24) is 4.90 Å². The molecule has 8 heteroatoms. The van der Waals surface area contributed by atoms with Crippen molar-refractivity contribution in [3.8, 4) is 5.75 Å². The van der Waals surface area contributed by atoms with Gasteiger partial charge in [0.05, 0.1) is 5.56 Å². The highest BCUT2D eigenvalue weighted by molar-refractivity contribution is 6.31. The fourth-order valence-electron chi connectivity index (χ4n) is 1.38. The molecule has 102 valence electrons. The highest BCUT2D eigenvalue weighted by Gasteiger charge is 2.23. The molecule has 0 saturated heterocycles. The van der Waals surface area contributed by atoms with E-state index in [1.54, 1.807) is 0 Å². The molecule has 7 nitrogen and oxygen atoms in total. The third kappa shape index (κ3) is 4.14. The molecule has 0 atom stereocenters. The molecule has 0 aromatic heterocycles. The molecule has 0 heterocycles. The van der Waals surface area contributed by atoms with Gasteiger partial charge in [-0.1, -0.05) is 11.6 Å². The summed E-state index contributed by atoms with van der Waals surface area (Å²) in [5.74, 6) is -4.06. The fourth-order valence-corrected chi connectivity index (χ4v) is 1.55. The Morgan fingerprint density at radius 3 is 2.11 bits per heavy atom. The number of carboxylic acid groups (broad SMARTS) is 2. The molecule has 0 fully saturated rings. The number of carbonyl (C=O) groups is 3. The number of phenolic OH excluding ortho intramolecular Hbond substituents is 1. The lowest BCUT2D eigenvalue weighted by Gasteiger charge is -2.19. The summed E-state index contributed by atoms with van der Waals surface area (Å²) < 4.78 is 0. The number of amides is 1. The predicted molar refractivity (Wildman–Crippen MR) is 64.3 cm³/mol. The molecule has 0 unspecified atom stereocenters. The lowest BCUT2D eigenvalue weighted by Crippen LogP contribution is -2.39. The molecule has 0 aliphatic rings. The average Bonchev–Trinajstić information content (AvgIpc) is 2.29. The van der Waals surface area contributed by atoms with Crippen LogP contribution in [0, 0.1) is 0 Å². The van der Waals surface area contributed by atoms with Crippen molar-refractivity contribution >= 4 is 29.4 Å². The van der Waals surface area contributed by atoms with Crippen LogP contribution >= 0.6 is 11.6 Å². The number of hydrogen-bond donors (Lipinski definition) is 3. The summed E-state index contributed by atoms with van der Waals surface area (Å²) in [7, 11) is 0. The van der Waals surface area contributed by atoms with Gasteiger partial charge in [-0.25, -0.2) is 0 Å². The Balaban J connectivity index is 3.07. The number of carbonyl (C=O) groups excluding carboxylic acids is 1. The highest BCUT2D eigenvalue weighted by atomic mass is 35.5. The molecule has 1 aromatic carbocycles. The Hall–Kier alpha value is -2.28. The summed E-state index contributed by atoms with van der Waals surface area (Å²) in [4.78, 5) is 33.8. The molecular weight excluding hydrogens is 278 g/mol. The van der Waals surface area contributed by atoms with Crippen LogP contribution in [-0.4, -0.2) is 51.2 Å².